The maximum atomic E-state index is 15.4. The zero-order valence-electron chi connectivity index (χ0n) is 53.3. The Kier molecular flexibility index (Phi) is 28.9. The van der Waals surface area contributed by atoms with E-state index in [9.17, 15) is 53.7 Å². The molecule has 13 atom stereocenters. The SMILES string of the molecule is CC[C@H](C)[C@H]1NC(=O)[C@@H](NC(=O)[C@H](C)[C@H](O)C(C)C)[C@@H](C)OC(=O)[C@@H]2COC(=O)CNC(=O)/C=C/[C@](O)(CCNCCCCCCNC(=O)OC(C)(C)C)[C@@H](C)Oc3ccc(cc3)[C@H](NC1=O)C(=O)N(C)C(Cc1ccccc1)C(=O)N[C@H]([C@@H](C)O)C(=O)N2. The number of likely N-dealkylation sites (N-methyl/N-ethyl adjacent to an activating group) is 1. The Morgan fingerprint density at radius 3 is 2.03 bits per heavy atom. The highest BCUT2D eigenvalue weighted by atomic mass is 16.6. The average molecular weight is 1250 g/mol. The number of nitrogens with zero attached hydrogens (tertiary/aromatic N) is 1. The Bertz CT molecular complexity index is 2740. The predicted octanol–water partition coefficient (Wildman–Crippen LogP) is 1.67. The largest absolute Gasteiger partial charge is 0.487 e. The highest BCUT2D eigenvalue weighted by molar-refractivity contribution is 5.98. The lowest BCUT2D eigenvalue weighted by Gasteiger charge is -2.34. The summed E-state index contributed by atoms with van der Waals surface area (Å²) in [5, 5.41) is 55.6. The van der Waals surface area contributed by atoms with Crippen molar-refractivity contribution in [3.8, 4) is 5.75 Å². The van der Waals surface area contributed by atoms with Crippen molar-refractivity contribution in [1.29, 1.82) is 0 Å². The number of benzene rings is 2. The number of rotatable bonds is 19. The van der Waals surface area contributed by atoms with Crippen LogP contribution in [0.1, 0.15) is 132 Å². The maximum Gasteiger partial charge on any atom is 0.407 e. The average Bonchev–Trinajstić information content (AvgIpc) is 2.72. The number of carbonyl (C=O) groups is 10. The van der Waals surface area contributed by atoms with Crippen LogP contribution in [0.5, 0.6) is 5.75 Å². The van der Waals surface area contributed by atoms with Crippen LogP contribution in [0.25, 0.3) is 0 Å². The molecule has 4 bridgehead atoms. The molecule has 3 aliphatic rings. The maximum absolute atomic E-state index is 15.4. The molecule has 3 aliphatic heterocycles. The van der Waals surface area contributed by atoms with Gasteiger partial charge in [-0.05, 0) is 115 Å². The summed E-state index contributed by atoms with van der Waals surface area (Å²) in [6.45, 7) is 16.9. The molecule has 0 aromatic heterocycles. The molecule has 2 aromatic rings. The molecule has 5 rings (SSSR count). The van der Waals surface area contributed by atoms with Crippen LogP contribution >= 0.6 is 0 Å². The molecule has 0 aliphatic carbocycles. The highest BCUT2D eigenvalue weighted by Gasteiger charge is 2.42. The molecule has 0 saturated carbocycles. The zero-order chi connectivity index (χ0) is 66.3. The topological polar surface area (TPSA) is 368 Å². The van der Waals surface area contributed by atoms with Gasteiger partial charge in [0.25, 0.3) is 0 Å². The first-order valence-corrected chi connectivity index (χ1v) is 30.5. The zero-order valence-corrected chi connectivity index (χ0v) is 53.3. The number of unbranched alkanes of at least 4 members (excludes halogenated alkanes) is 3. The number of cyclic esters (lactones) is 1. The van der Waals surface area contributed by atoms with Gasteiger partial charge in [0.1, 0.15) is 72.5 Å². The van der Waals surface area contributed by atoms with E-state index in [1.807, 2.05) is 0 Å². The molecule has 89 heavy (non-hydrogen) atoms. The first kappa shape index (κ1) is 73.8. The number of fused-ring (bicyclic) bond motifs is 11. The van der Waals surface area contributed by atoms with Gasteiger partial charge in [-0.1, -0.05) is 96.3 Å². The molecule has 1 saturated heterocycles. The van der Waals surface area contributed by atoms with E-state index < -0.39 is 162 Å². The van der Waals surface area contributed by atoms with E-state index in [-0.39, 0.29) is 37.1 Å². The number of amides is 8. The van der Waals surface area contributed by atoms with E-state index in [2.05, 4.69) is 42.5 Å². The van der Waals surface area contributed by atoms with Gasteiger partial charge in [-0.2, -0.15) is 0 Å². The van der Waals surface area contributed by atoms with Crippen LogP contribution < -0.4 is 47.3 Å². The number of ether oxygens (including phenoxy) is 4. The lowest BCUT2D eigenvalue weighted by atomic mass is 9.92. The van der Waals surface area contributed by atoms with Gasteiger partial charge in [-0.15, -0.1) is 0 Å². The number of esters is 2. The van der Waals surface area contributed by atoms with Gasteiger partial charge in [0, 0.05) is 26.1 Å². The molecule has 3 heterocycles. The minimum Gasteiger partial charge on any atom is -0.487 e. The number of hydrogen-bond donors (Lipinski definition) is 11. The van der Waals surface area contributed by atoms with Gasteiger partial charge >= 0.3 is 18.0 Å². The van der Waals surface area contributed by atoms with Gasteiger partial charge < -0.3 is 81.7 Å². The second kappa shape index (κ2) is 34.9. The number of carbonyl (C=O) groups excluding carboxylic acids is 10. The third-order valence-electron chi connectivity index (χ3n) is 15.6. The Morgan fingerprint density at radius 1 is 0.787 bits per heavy atom. The molecule has 2 aromatic carbocycles. The number of aliphatic hydroxyl groups is 3. The smallest absolute Gasteiger partial charge is 0.407 e. The molecule has 26 nitrogen and oxygen atoms in total. The number of alkyl carbamates (subject to hydrolysis) is 1. The van der Waals surface area contributed by atoms with Crippen molar-refractivity contribution < 1.29 is 82.2 Å². The second-order valence-corrected chi connectivity index (χ2v) is 24.3. The Morgan fingerprint density at radius 2 is 1.42 bits per heavy atom. The minimum absolute atomic E-state index is 0.00365. The van der Waals surface area contributed by atoms with E-state index in [0.717, 1.165) is 36.7 Å². The summed E-state index contributed by atoms with van der Waals surface area (Å²) in [6.07, 6.45) is -0.658. The third-order valence-corrected chi connectivity index (χ3v) is 15.6. The molecule has 1 fully saturated rings. The Balaban J connectivity index is 1.87. The van der Waals surface area contributed by atoms with Crippen molar-refractivity contribution in [2.75, 3.05) is 39.8 Å². The standard InChI is InChI=1S/C63H95N9O17/c1-13-37(4)49-56(79)71-52-43-23-25-44(26-24-43)88-41(8)63(85,29-32-64-30-19-14-15-20-31-65-61(84)89-62(9,10)11)28-27-47(74)66-34-48(75)86-35-45(60(83)87-40(7)51(58(81)68-49)70-54(77)38(5)53(76)36(2)3)67-57(80)50(39(6)73)69-55(78)46(72(12)59(52)82)33-42-21-17-16-18-22-42/h16-18,21-28,36-41,45-46,49-53,64,73,76,85H,13-15,19-20,29-35H2,1-12H3,(H,65,84)(H,66,74)(H,67,80)(H,68,81)(H,69,78)(H,70,77)(H,71,79)/b28-27+/t37-,38+,39+,40+,41+,45-,46?,49+,50+,51-,52-,53+,63-/m0/s1. The molecule has 11 N–H and O–H groups in total. The molecule has 0 spiro atoms. The number of hydrogen-bond acceptors (Lipinski definition) is 18. The van der Waals surface area contributed by atoms with Crippen LogP contribution in [-0.4, -0.2) is 185 Å². The molecule has 494 valence electrons. The van der Waals surface area contributed by atoms with Crippen LogP contribution in [0, 0.1) is 17.8 Å². The summed E-state index contributed by atoms with van der Waals surface area (Å²) < 4.78 is 22.8. The van der Waals surface area contributed by atoms with Crippen molar-refractivity contribution in [2.45, 2.75) is 193 Å². The Hall–Kier alpha value is -7.68. The molecule has 0 radical (unpaired) electrons. The Labute approximate surface area is 521 Å². The van der Waals surface area contributed by atoms with Gasteiger partial charge in [0.15, 0.2) is 6.04 Å². The van der Waals surface area contributed by atoms with E-state index in [1.165, 1.54) is 58.2 Å². The second-order valence-electron chi connectivity index (χ2n) is 24.3. The van der Waals surface area contributed by atoms with E-state index >= 15 is 9.59 Å². The van der Waals surface area contributed by atoms with Crippen LogP contribution in [0.15, 0.2) is 66.7 Å². The van der Waals surface area contributed by atoms with E-state index in [1.54, 1.807) is 85.7 Å². The summed E-state index contributed by atoms with van der Waals surface area (Å²) >= 11 is 0. The third kappa shape index (κ3) is 23.3. The first-order valence-electron chi connectivity index (χ1n) is 30.5. The monoisotopic (exact) mass is 1250 g/mol. The summed E-state index contributed by atoms with van der Waals surface area (Å²) in [4.78, 5) is 143. The molecule has 1 unspecified atom stereocenters. The highest BCUT2D eigenvalue weighted by Crippen LogP contribution is 2.27. The first-order chi connectivity index (χ1) is 41.9. The van der Waals surface area contributed by atoms with Crippen molar-refractivity contribution in [3.63, 3.8) is 0 Å². The van der Waals surface area contributed by atoms with Crippen LogP contribution in [0.3, 0.4) is 0 Å². The van der Waals surface area contributed by atoms with Gasteiger partial charge in [-0.25, -0.2) is 9.59 Å². The number of nitrogens with one attached hydrogen (secondary N) is 8. The fourth-order valence-corrected chi connectivity index (χ4v) is 9.68. The van der Waals surface area contributed by atoms with Crippen molar-refractivity contribution in [2.24, 2.45) is 17.8 Å². The molecule has 26 heteroatoms. The van der Waals surface area contributed by atoms with Crippen LogP contribution in [-0.2, 0) is 63.8 Å². The fraction of sp³-hybridized carbons (Fsp3) is 0.619. The summed E-state index contributed by atoms with van der Waals surface area (Å²) in [5.41, 5.74) is -1.78. The van der Waals surface area contributed by atoms with Crippen LogP contribution in [0.2, 0.25) is 0 Å². The minimum atomic E-state index is -1.99. The summed E-state index contributed by atoms with van der Waals surface area (Å²) in [7, 11) is 1.30. The van der Waals surface area contributed by atoms with E-state index in [4.69, 9.17) is 18.9 Å². The lowest BCUT2D eigenvalue weighted by molar-refractivity contribution is -0.160. The van der Waals surface area contributed by atoms with Gasteiger partial charge in [0.05, 0.1) is 18.1 Å². The predicted molar refractivity (Wildman–Crippen MR) is 327 cm³/mol. The lowest BCUT2D eigenvalue weighted by Crippen LogP contribution is -2.61. The van der Waals surface area contributed by atoms with Crippen molar-refractivity contribution in [1.82, 2.24) is 47.4 Å². The van der Waals surface area contributed by atoms with Crippen molar-refractivity contribution >= 4 is 59.4 Å². The van der Waals surface area contributed by atoms with E-state index in [0.29, 0.717) is 18.7 Å². The molecular weight excluding hydrogens is 1150 g/mol. The molecule has 8 amide bonds. The fourth-order valence-electron chi connectivity index (χ4n) is 9.68. The van der Waals surface area contributed by atoms with Crippen LogP contribution in [0.4, 0.5) is 4.79 Å². The van der Waals surface area contributed by atoms with Gasteiger partial charge in [-0.3, -0.25) is 38.4 Å². The number of aliphatic hydroxyl groups excluding tert-OH is 2. The normalized spacial score (nSPS) is 25.8. The summed E-state index contributed by atoms with van der Waals surface area (Å²) in [5.74, 6) is -11.3. The van der Waals surface area contributed by atoms with Crippen molar-refractivity contribution in [3.05, 3.63) is 77.9 Å². The van der Waals surface area contributed by atoms with Gasteiger partial charge in [0.2, 0.25) is 41.4 Å². The molecular formula is C63H95N9O17. The summed E-state index contributed by atoms with van der Waals surface area (Å²) in [6, 6.07) is 4.11. The quantitative estimate of drug-likeness (QED) is 0.0541.